The van der Waals surface area contributed by atoms with Gasteiger partial charge in [-0.2, -0.15) is 4.31 Å². The number of para-hydroxylation sites is 1. The van der Waals surface area contributed by atoms with E-state index in [1.165, 1.54) is 4.31 Å². The number of sulfonamides is 1. The predicted molar refractivity (Wildman–Crippen MR) is 101 cm³/mol. The highest BCUT2D eigenvalue weighted by Crippen LogP contribution is 2.28. The predicted octanol–water partition coefficient (Wildman–Crippen LogP) is 2.01. The van der Waals surface area contributed by atoms with Crippen molar-refractivity contribution in [3.05, 3.63) is 55.8 Å². The summed E-state index contributed by atoms with van der Waals surface area (Å²) in [5.74, 6) is 0.874. The number of rotatable bonds is 8. The van der Waals surface area contributed by atoms with Crippen LogP contribution in [0.25, 0.3) is 10.9 Å². The summed E-state index contributed by atoms with van der Waals surface area (Å²) in [6, 6.07) is 7.52. The molecule has 0 atom stereocenters. The van der Waals surface area contributed by atoms with Crippen molar-refractivity contribution in [2.24, 2.45) is 4.99 Å². The summed E-state index contributed by atoms with van der Waals surface area (Å²) >= 11 is 0. The van der Waals surface area contributed by atoms with Gasteiger partial charge in [-0.25, -0.2) is 8.42 Å². The van der Waals surface area contributed by atoms with Crippen molar-refractivity contribution < 1.29 is 8.42 Å². The van der Waals surface area contributed by atoms with Gasteiger partial charge in [0, 0.05) is 36.7 Å². The minimum absolute atomic E-state index is 0.238. The zero-order valence-corrected chi connectivity index (χ0v) is 14.9. The summed E-state index contributed by atoms with van der Waals surface area (Å²) in [6.07, 6.45) is 4.86. The largest absolute Gasteiger partial charge is 0.370 e. The Morgan fingerprint density at radius 1 is 1.24 bits per heavy atom. The first kappa shape index (κ1) is 17.4. The molecule has 2 aromatic rings. The SMILES string of the molecule is C=CCN(CC=C)S(=O)(=O)c1cn(CC2=NCCN2)c2ccccc12. The van der Waals surface area contributed by atoms with Crippen molar-refractivity contribution >= 4 is 26.8 Å². The second-order valence-electron chi connectivity index (χ2n) is 5.79. The fourth-order valence-electron chi connectivity index (χ4n) is 2.96. The number of aromatic nitrogens is 1. The van der Waals surface area contributed by atoms with Crippen LogP contribution in [-0.2, 0) is 16.6 Å². The molecule has 6 nitrogen and oxygen atoms in total. The highest BCUT2D eigenvalue weighted by molar-refractivity contribution is 7.89. The lowest BCUT2D eigenvalue weighted by atomic mass is 10.2. The molecule has 1 N–H and O–H groups in total. The molecule has 2 heterocycles. The molecule has 1 aliphatic heterocycles. The Morgan fingerprint density at radius 3 is 2.60 bits per heavy atom. The Labute approximate surface area is 148 Å². The van der Waals surface area contributed by atoms with Crippen molar-refractivity contribution in [3.8, 4) is 0 Å². The number of amidine groups is 1. The van der Waals surface area contributed by atoms with Gasteiger partial charge < -0.3 is 9.88 Å². The Bertz CT molecular complexity index is 918. The van der Waals surface area contributed by atoms with Crippen LogP contribution < -0.4 is 5.32 Å². The number of aliphatic imine (C=N–C) groups is 1. The number of hydrogen-bond acceptors (Lipinski definition) is 4. The van der Waals surface area contributed by atoms with Crippen LogP contribution in [0.5, 0.6) is 0 Å². The average molecular weight is 358 g/mol. The summed E-state index contributed by atoms with van der Waals surface area (Å²) in [4.78, 5) is 4.70. The summed E-state index contributed by atoms with van der Waals surface area (Å²) < 4.78 is 29.6. The van der Waals surface area contributed by atoms with Crippen molar-refractivity contribution in [1.29, 1.82) is 0 Å². The molecule has 7 heteroatoms. The molecular formula is C18H22N4O2S. The molecule has 1 aromatic heterocycles. The van der Waals surface area contributed by atoms with Gasteiger partial charge in [-0.15, -0.1) is 13.2 Å². The van der Waals surface area contributed by atoms with Crippen LogP contribution >= 0.6 is 0 Å². The number of fused-ring (bicyclic) bond motifs is 1. The Balaban J connectivity index is 2.09. The summed E-state index contributed by atoms with van der Waals surface area (Å²) in [5, 5.41) is 3.93. The molecule has 0 amide bonds. The second kappa shape index (κ2) is 7.25. The Hall–Kier alpha value is -2.38. The Kier molecular flexibility index (Phi) is 5.06. The third-order valence-corrected chi connectivity index (χ3v) is 5.96. The van der Waals surface area contributed by atoms with E-state index in [-0.39, 0.29) is 13.1 Å². The Morgan fingerprint density at radius 2 is 1.96 bits per heavy atom. The molecule has 0 spiro atoms. The van der Waals surface area contributed by atoms with Crippen LogP contribution in [0.2, 0.25) is 0 Å². The van der Waals surface area contributed by atoms with Crippen molar-refractivity contribution in [1.82, 2.24) is 14.2 Å². The molecule has 0 saturated heterocycles. The van der Waals surface area contributed by atoms with E-state index in [2.05, 4.69) is 23.5 Å². The molecule has 1 aromatic carbocycles. The first-order chi connectivity index (χ1) is 12.1. The average Bonchev–Trinajstić information content (AvgIpc) is 3.24. The molecule has 0 unspecified atom stereocenters. The third-order valence-electron chi connectivity index (χ3n) is 4.10. The topological polar surface area (TPSA) is 66.7 Å². The second-order valence-corrected chi connectivity index (χ2v) is 7.70. The highest BCUT2D eigenvalue weighted by Gasteiger charge is 2.27. The fourth-order valence-corrected chi connectivity index (χ4v) is 4.55. The van der Waals surface area contributed by atoms with Gasteiger partial charge in [-0.1, -0.05) is 30.4 Å². The number of benzene rings is 1. The van der Waals surface area contributed by atoms with Crippen LogP contribution in [0, 0.1) is 0 Å². The highest BCUT2D eigenvalue weighted by atomic mass is 32.2. The van der Waals surface area contributed by atoms with Gasteiger partial charge >= 0.3 is 0 Å². The lowest BCUT2D eigenvalue weighted by Crippen LogP contribution is -2.31. The quantitative estimate of drug-likeness (QED) is 0.734. The summed E-state index contributed by atoms with van der Waals surface area (Å²) in [7, 11) is -3.66. The van der Waals surface area contributed by atoms with E-state index in [1.807, 2.05) is 28.8 Å². The normalized spacial score (nSPS) is 14.5. The molecule has 132 valence electrons. The van der Waals surface area contributed by atoms with E-state index in [0.717, 1.165) is 24.4 Å². The smallest absolute Gasteiger partial charge is 0.245 e. The van der Waals surface area contributed by atoms with E-state index >= 15 is 0 Å². The van der Waals surface area contributed by atoms with Crippen LogP contribution in [-0.4, -0.2) is 49.3 Å². The molecule has 3 rings (SSSR count). The van der Waals surface area contributed by atoms with Gasteiger partial charge in [0.05, 0.1) is 13.1 Å². The van der Waals surface area contributed by atoms with Crippen LogP contribution in [0.1, 0.15) is 0 Å². The van der Waals surface area contributed by atoms with Gasteiger partial charge in [-0.3, -0.25) is 4.99 Å². The standard InChI is InChI=1S/C18H22N4O2S/c1-3-11-22(12-4-2)25(23,24)17-13-21(14-18-19-9-10-20-18)16-8-6-5-7-15(16)17/h3-8,13H,1-2,9-12,14H2,(H,19,20). The summed E-state index contributed by atoms with van der Waals surface area (Å²) in [5.41, 5.74) is 0.870. The van der Waals surface area contributed by atoms with Gasteiger partial charge in [-0.05, 0) is 6.07 Å². The van der Waals surface area contributed by atoms with Crippen LogP contribution in [0.4, 0.5) is 0 Å². The third kappa shape index (κ3) is 3.38. The maximum atomic E-state index is 13.1. The first-order valence-electron chi connectivity index (χ1n) is 8.15. The van der Waals surface area contributed by atoms with Gasteiger partial charge in [0.25, 0.3) is 0 Å². The number of hydrogen-bond donors (Lipinski definition) is 1. The fraction of sp³-hybridized carbons (Fsp3) is 0.278. The first-order valence-corrected chi connectivity index (χ1v) is 9.59. The van der Waals surface area contributed by atoms with Crippen LogP contribution in [0.3, 0.4) is 0 Å². The molecule has 25 heavy (non-hydrogen) atoms. The van der Waals surface area contributed by atoms with Crippen molar-refractivity contribution in [3.63, 3.8) is 0 Å². The minimum Gasteiger partial charge on any atom is -0.370 e. The maximum absolute atomic E-state index is 13.1. The van der Waals surface area contributed by atoms with E-state index in [4.69, 9.17) is 0 Å². The van der Waals surface area contributed by atoms with E-state index in [1.54, 1.807) is 18.3 Å². The van der Waals surface area contributed by atoms with Gasteiger partial charge in [0.2, 0.25) is 10.0 Å². The monoisotopic (exact) mass is 358 g/mol. The van der Waals surface area contributed by atoms with E-state index < -0.39 is 10.0 Å². The van der Waals surface area contributed by atoms with E-state index in [9.17, 15) is 8.42 Å². The molecular weight excluding hydrogens is 336 g/mol. The minimum atomic E-state index is -3.66. The molecule has 0 radical (unpaired) electrons. The summed E-state index contributed by atoms with van der Waals surface area (Å²) in [6.45, 7) is 9.90. The van der Waals surface area contributed by atoms with Gasteiger partial charge in [0.1, 0.15) is 10.7 Å². The zero-order valence-electron chi connectivity index (χ0n) is 14.1. The van der Waals surface area contributed by atoms with Crippen molar-refractivity contribution in [2.75, 3.05) is 26.2 Å². The molecule has 0 saturated carbocycles. The molecule has 0 fully saturated rings. The zero-order chi connectivity index (χ0) is 17.9. The lowest BCUT2D eigenvalue weighted by Gasteiger charge is -2.18. The van der Waals surface area contributed by atoms with Crippen LogP contribution in [0.15, 0.2) is 65.7 Å². The van der Waals surface area contributed by atoms with Gasteiger partial charge in [0.15, 0.2) is 0 Å². The van der Waals surface area contributed by atoms with Crippen molar-refractivity contribution in [2.45, 2.75) is 11.4 Å². The molecule has 0 bridgehead atoms. The maximum Gasteiger partial charge on any atom is 0.245 e. The number of nitrogens with one attached hydrogen (secondary N) is 1. The molecule has 1 aliphatic rings. The number of nitrogens with zero attached hydrogens (tertiary/aromatic N) is 3. The molecule has 0 aliphatic carbocycles. The van der Waals surface area contributed by atoms with E-state index in [0.29, 0.717) is 16.8 Å². The lowest BCUT2D eigenvalue weighted by molar-refractivity contribution is 0.474.